The Morgan fingerprint density at radius 1 is 1.04 bits per heavy atom. The molecule has 2 aromatic carbocycles. The Bertz CT molecular complexity index is 853. The van der Waals surface area contributed by atoms with Crippen molar-refractivity contribution < 1.29 is 13.2 Å². The Morgan fingerprint density at radius 2 is 1.56 bits per heavy atom. The van der Waals surface area contributed by atoms with Crippen LogP contribution in [-0.2, 0) is 23.1 Å². The van der Waals surface area contributed by atoms with E-state index < -0.39 is 10.0 Å². The lowest BCUT2D eigenvalue weighted by Gasteiger charge is -2.23. The van der Waals surface area contributed by atoms with E-state index in [1.807, 2.05) is 12.1 Å². The summed E-state index contributed by atoms with van der Waals surface area (Å²) in [5.74, 6) is 0. The second-order valence-corrected chi connectivity index (χ2v) is 8.25. The fourth-order valence-corrected chi connectivity index (χ4v) is 3.14. The van der Waals surface area contributed by atoms with Gasteiger partial charge in [-0.25, -0.2) is 18.4 Å². The number of carbonyl (C=O) groups excluding carboxylic acids is 1. The number of hydrogen-bond donors (Lipinski definition) is 2. The summed E-state index contributed by atoms with van der Waals surface area (Å²) in [6.45, 7) is 3.42. The summed E-state index contributed by atoms with van der Waals surface area (Å²) < 4.78 is 22.8. The van der Waals surface area contributed by atoms with Crippen LogP contribution in [0.4, 0.5) is 4.79 Å². The van der Waals surface area contributed by atoms with E-state index in [4.69, 9.17) is 16.7 Å². The maximum atomic E-state index is 12.6. The number of sulfonamides is 1. The first-order valence-electron chi connectivity index (χ1n) is 8.68. The molecule has 0 fully saturated rings. The normalized spacial score (nSPS) is 11.2. The zero-order valence-electron chi connectivity index (χ0n) is 15.2. The monoisotopic (exact) mass is 409 g/mol. The van der Waals surface area contributed by atoms with E-state index in [-0.39, 0.29) is 10.9 Å². The van der Waals surface area contributed by atoms with Gasteiger partial charge in [0.05, 0.1) is 4.90 Å². The van der Waals surface area contributed by atoms with Gasteiger partial charge in [-0.3, -0.25) is 0 Å². The summed E-state index contributed by atoms with van der Waals surface area (Å²) in [5.41, 5.74) is 1.76. The number of benzene rings is 2. The lowest BCUT2D eigenvalue weighted by atomic mass is 10.2. The van der Waals surface area contributed by atoms with Gasteiger partial charge < -0.3 is 10.2 Å². The quantitative estimate of drug-likeness (QED) is 0.653. The van der Waals surface area contributed by atoms with Crippen LogP contribution in [0.5, 0.6) is 0 Å². The van der Waals surface area contributed by atoms with Gasteiger partial charge in [0.25, 0.3) is 0 Å². The van der Waals surface area contributed by atoms with Crippen molar-refractivity contribution in [3.63, 3.8) is 0 Å². The lowest BCUT2D eigenvalue weighted by molar-refractivity contribution is 0.192. The number of amides is 2. The number of rotatable bonds is 8. The standard InChI is InChI=1S/C19H24ClN3O3S/c1-2-3-12-22-19(24)23(13-15-4-8-17(20)9-5-15)14-16-6-10-18(11-7-16)27(21,25)26/h4-11H,2-3,12-14H2,1H3,(H,22,24)(H2,21,25,26). The summed E-state index contributed by atoms with van der Waals surface area (Å²) in [5, 5.41) is 8.68. The van der Waals surface area contributed by atoms with E-state index >= 15 is 0 Å². The first-order valence-corrected chi connectivity index (χ1v) is 10.6. The van der Waals surface area contributed by atoms with Gasteiger partial charge in [0.1, 0.15) is 0 Å². The van der Waals surface area contributed by atoms with E-state index in [0.717, 1.165) is 24.0 Å². The van der Waals surface area contributed by atoms with Gasteiger partial charge in [0, 0.05) is 24.7 Å². The number of unbranched alkanes of at least 4 members (excludes halogenated alkanes) is 1. The van der Waals surface area contributed by atoms with Crippen LogP contribution in [0.3, 0.4) is 0 Å². The van der Waals surface area contributed by atoms with E-state index in [0.29, 0.717) is 24.7 Å². The second-order valence-electron chi connectivity index (χ2n) is 6.26. The van der Waals surface area contributed by atoms with Gasteiger partial charge in [0.2, 0.25) is 10.0 Å². The molecule has 0 saturated carbocycles. The highest BCUT2D eigenvalue weighted by Crippen LogP contribution is 2.15. The van der Waals surface area contributed by atoms with E-state index in [9.17, 15) is 13.2 Å². The molecule has 6 nitrogen and oxygen atoms in total. The molecule has 0 aromatic heterocycles. The van der Waals surface area contributed by atoms with Crippen molar-refractivity contribution in [1.82, 2.24) is 10.2 Å². The number of primary sulfonamides is 1. The van der Waals surface area contributed by atoms with Crippen molar-refractivity contribution >= 4 is 27.7 Å². The van der Waals surface area contributed by atoms with E-state index in [1.54, 1.807) is 29.2 Å². The third kappa shape index (κ3) is 6.86. The van der Waals surface area contributed by atoms with Gasteiger partial charge in [-0.1, -0.05) is 49.2 Å². The molecule has 2 rings (SSSR count). The van der Waals surface area contributed by atoms with Crippen molar-refractivity contribution in [2.45, 2.75) is 37.8 Å². The minimum absolute atomic E-state index is 0.0444. The van der Waals surface area contributed by atoms with Crippen molar-refractivity contribution in [3.05, 3.63) is 64.7 Å². The summed E-state index contributed by atoms with van der Waals surface area (Å²) in [7, 11) is -3.74. The Labute approximate surface area is 165 Å². The predicted molar refractivity (Wildman–Crippen MR) is 107 cm³/mol. The molecule has 0 bridgehead atoms. The number of hydrogen-bond acceptors (Lipinski definition) is 3. The maximum Gasteiger partial charge on any atom is 0.318 e. The molecule has 0 unspecified atom stereocenters. The molecule has 2 amide bonds. The summed E-state index contributed by atoms with van der Waals surface area (Å²) >= 11 is 5.92. The molecule has 2 aromatic rings. The third-order valence-electron chi connectivity index (χ3n) is 4.01. The van der Waals surface area contributed by atoms with Crippen molar-refractivity contribution in [3.8, 4) is 0 Å². The number of nitrogens with two attached hydrogens (primary N) is 1. The molecule has 0 radical (unpaired) electrons. The van der Waals surface area contributed by atoms with E-state index in [1.165, 1.54) is 12.1 Å². The third-order valence-corrected chi connectivity index (χ3v) is 5.19. The minimum Gasteiger partial charge on any atom is -0.338 e. The fraction of sp³-hybridized carbons (Fsp3) is 0.316. The highest BCUT2D eigenvalue weighted by molar-refractivity contribution is 7.89. The first kappa shape index (κ1) is 21.2. The smallest absolute Gasteiger partial charge is 0.318 e. The van der Waals surface area contributed by atoms with Crippen LogP contribution in [-0.4, -0.2) is 25.9 Å². The molecule has 8 heteroatoms. The van der Waals surface area contributed by atoms with Gasteiger partial charge in [0.15, 0.2) is 0 Å². The highest BCUT2D eigenvalue weighted by Gasteiger charge is 2.15. The Morgan fingerprint density at radius 3 is 2.04 bits per heavy atom. The molecular weight excluding hydrogens is 386 g/mol. The molecule has 0 aliphatic carbocycles. The SMILES string of the molecule is CCCCNC(=O)N(Cc1ccc(Cl)cc1)Cc1ccc(S(N)(=O)=O)cc1. The van der Waals surface area contributed by atoms with Crippen LogP contribution in [0.1, 0.15) is 30.9 Å². The summed E-state index contributed by atoms with van der Waals surface area (Å²) in [6, 6.07) is 13.4. The minimum atomic E-state index is -3.74. The molecule has 3 N–H and O–H groups in total. The van der Waals surface area contributed by atoms with Crippen molar-refractivity contribution in [2.24, 2.45) is 5.14 Å². The summed E-state index contributed by atoms with van der Waals surface area (Å²) in [6.07, 6.45) is 1.90. The van der Waals surface area contributed by atoms with E-state index in [2.05, 4.69) is 12.2 Å². The Kier molecular flexibility index (Phi) is 7.65. The van der Waals surface area contributed by atoms with Crippen LogP contribution in [0, 0.1) is 0 Å². The summed E-state index contributed by atoms with van der Waals surface area (Å²) in [4.78, 5) is 14.3. The Hall–Kier alpha value is -2.09. The first-order chi connectivity index (χ1) is 12.8. The van der Waals surface area contributed by atoms with Crippen LogP contribution < -0.4 is 10.5 Å². The molecule has 0 spiro atoms. The van der Waals surface area contributed by atoms with Gasteiger partial charge in [-0.05, 0) is 41.8 Å². The molecular formula is C19H24ClN3O3S. The van der Waals surface area contributed by atoms with Gasteiger partial charge in [-0.15, -0.1) is 0 Å². The molecule has 0 saturated heterocycles. The second kappa shape index (κ2) is 9.73. The fourth-order valence-electron chi connectivity index (χ4n) is 2.50. The number of carbonyl (C=O) groups is 1. The predicted octanol–water partition coefficient (Wildman–Crippen LogP) is 3.50. The molecule has 0 aliphatic heterocycles. The number of nitrogens with one attached hydrogen (secondary N) is 1. The van der Waals surface area contributed by atoms with Crippen LogP contribution in [0.25, 0.3) is 0 Å². The topological polar surface area (TPSA) is 92.5 Å². The average molecular weight is 410 g/mol. The highest BCUT2D eigenvalue weighted by atomic mass is 35.5. The van der Waals surface area contributed by atoms with Crippen LogP contribution in [0.15, 0.2) is 53.4 Å². The van der Waals surface area contributed by atoms with Gasteiger partial charge >= 0.3 is 6.03 Å². The van der Waals surface area contributed by atoms with Crippen LogP contribution in [0.2, 0.25) is 5.02 Å². The molecule has 27 heavy (non-hydrogen) atoms. The molecule has 0 atom stereocenters. The zero-order valence-corrected chi connectivity index (χ0v) is 16.8. The number of urea groups is 1. The lowest BCUT2D eigenvalue weighted by Crippen LogP contribution is -2.39. The van der Waals surface area contributed by atoms with Crippen molar-refractivity contribution in [2.75, 3.05) is 6.54 Å². The zero-order chi connectivity index (χ0) is 19.9. The largest absolute Gasteiger partial charge is 0.338 e. The molecule has 0 heterocycles. The Balaban J connectivity index is 2.15. The number of nitrogens with zero attached hydrogens (tertiary/aromatic N) is 1. The molecule has 0 aliphatic rings. The molecule has 146 valence electrons. The number of halogens is 1. The maximum absolute atomic E-state index is 12.6. The average Bonchev–Trinajstić information content (AvgIpc) is 2.63. The van der Waals surface area contributed by atoms with Crippen molar-refractivity contribution in [1.29, 1.82) is 0 Å². The van der Waals surface area contributed by atoms with Gasteiger partial charge in [-0.2, -0.15) is 0 Å². The van der Waals surface area contributed by atoms with Crippen LogP contribution >= 0.6 is 11.6 Å².